The van der Waals surface area contributed by atoms with Crippen molar-refractivity contribution in [1.29, 1.82) is 0 Å². The molecule has 3 aromatic carbocycles. The zero-order valence-electron chi connectivity index (χ0n) is 26.4. The Morgan fingerprint density at radius 3 is 2.41 bits per heavy atom. The number of halogens is 2. The lowest BCUT2D eigenvalue weighted by molar-refractivity contribution is -0.141. The number of rotatable bonds is 9. The van der Waals surface area contributed by atoms with Gasteiger partial charge < -0.3 is 10.2 Å². The first-order valence-corrected chi connectivity index (χ1v) is 17.7. The monoisotopic (exact) mass is 744 g/mol. The second-order valence-electron chi connectivity index (χ2n) is 13.3. The number of phenols is 1. The van der Waals surface area contributed by atoms with E-state index in [2.05, 4.69) is 15.9 Å². The number of anilines is 1. The van der Waals surface area contributed by atoms with Crippen molar-refractivity contribution >= 4 is 62.8 Å². The summed E-state index contributed by atoms with van der Waals surface area (Å²) in [6, 6.07) is 20.8. The molecule has 49 heavy (non-hydrogen) atoms. The Bertz CT molecular complexity index is 1910. The molecule has 2 aliphatic carbocycles. The molecular weight excluding hydrogens is 712 g/mol. The number of allylic oxidation sites excluding steroid dienone is 2. The number of nitrogens with zero attached hydrogens (tertiary/aromatic N) is 2. The van der Waals surface area contributed by atoms with Gasteiger partial charge in [-0.05, 0) is 73.6 Å². The second-order valence-corrected chi connectivity index (χ2v) is 14.7. The van der Waals surface area contributed by atoms with Gasteiger partial charge in [0.25, 0.3) is 0 Å². The fraction of sp³-hybridized carbons (Fsp3) is 0.342. The first-order chi connectivity index (χ1) is 23.5. The quantitative estimate of drug-likeness (QED) is 0.143. The molecule has 0 radical (unpaired) electrons. The fourth-order valence-corrected chi connectivity index (χ4v) is 9.42. The molecule has 2 heterocycles. The van der Waals surface area contributed by atoms with Crippen molar-refractivity contribution in [2.24, 2.45) is 23.7 Å². The molecule has 3 fully saturated rings. The molecule has 0 bridgehead atoms. The van der Waals surface area contributed by atoms with Gasteiger partial charge in [-0.15, -0.1) is 0 Å². The Kier molecular flexibility index (Phi) is 8.73. The highest BCUT2D eigenvalue weighted by molar-refractivity contribution is 9.10. The summed E-state index contributed by atoms with van der Waals surface area (Å²) in [6.07, 6.45) is 3.91. The van der Waals surface area contributed by atoms with E-state index in [0.29, 0.717) is 45.6 Å². The van der Waals surface area contributed by atoms with E-state index < -0.39 is 52.8 Å². The first kappa shape index (κ1) is 33.2. The number of benzene rings is 3. The molecule has 2 aliphatic heterocycles. The number of phenolic OH excluding ortho intramolecular Hbond substituents is 1. The number of amides is 4. The molecule has 4 aliphatic rings. The minimum absolute atomic E-state index is 0.0236. The Labute approximate surface area is 296 Å². The minimum Gasteiger partial charge on any atom is -0.508 e. The van der Waals surface area contributed by atoms with Gasteiger partial charge in [-0.25, -0.2) is 4.90 Å². The lowest BCUT2D eigenvalue weighted by Crippen LogP contribution is -2.53. The highest BCUT2D eigenvalue weighted by atomic mass is 79.9. The predicted molar refractivity (Wildman–Crippen MR) is 185 cm³/mol. The Hall–Kier alpha value is -4.28. The van der Waals surface area contributed by atoms with Gasteiger partial charge in [0.05, 0.1) is 28.9 Å². The average molecular weight is 746 g/mol. The van der Waals surface area contributed by atoms with Gasteiger partial charge in [0, 0.05) is 33.9 Å². The van der Waals surface area contributed by atoms with Crippen LogP contribution in [-0.4, -0.2) is 51.3 Å². The Morgan fingerprint density at radius 2 is 1.67 bits per heavy atom. The standard InChI is InChI=1S/C38H34BrClN2O7/c39-22-13-16-30(43)28(18-22)33-25-14-15-26-32(36(48)41(34(26)46)17-6-2-5-12-31(44)45)27(25)20-29-35(47)42(24-11-7-10-23(40)19-24)37(49)38(29,33)21-8-3-1-4-9-21/h1,3-4,7-11,13-14,16,18-19,26-27,29,32-33,43H,2,5-6,12,15,17,20H2,(H,44,45)/t26-,27+,29-,32-,33+,38+/m0/s1. The van der Waals surface area contributed by atoms with E-state index >= 15 is 4.79 Å². The Morgan fingerprint density at radius 1 is 0.898 bits per heavy atom. The molecule has 0 spiro atoms. The van der Waals surface area contributed by atoms with Crippen LogP contribution in [-0.2, 0) is 29.4 Å². The van der Waals surface area contributed by atoms with Gasteiger partial charge in [0.1, 0.15) is 5.75 Å². The van der Waals surface area contributed by atoms with E-state index in [1.54, 1.807) is 42.5 Å². The van der Waals surface area contributed by atoms with Crippen molar-refractivity contribution in [3.8, 4) is 5.75 Å². The summed E-state index contributed by atoms with van der Waals surface area (Å²) in [7, 11) is 0. The molecule has 2 saturated heterocycles. The summed E-state index contributed by atoms with van der Waals surface area (Å²) in [6.45, 7) is 0.194. The first-order valence-electron chi connectivity index (χ1n) is 16.5. The molecule has 1 saturated carbocycles. The fourth-order valence-electron chi connectivity index (χ4n) is 8.85. The van der Waals surface area contributed by atoms with Crippen molar-refractivity contribution in [1.82, 2.24) is 4.90 Å². The highest BCUT2D eigenvalue weighted by Crippen LogP contribution is 2.65. The number of likely N-dealkylation sites (tertiary alicyclic amines) is 1. The molecule has 3 aromatic rings. The molecule has 2 N–H and O–H groups in total. The molecule has 9 nitrogen and oxygen atoms in total. The third-order valence-corrected chi connectivity index (χ3v) is 11.6. The van der Waals surface area contributed by atoms with Gasteiger partial charge in [-0.2, -0.15) is 0 Å². The molecule has 0 unspecified atom stereocenters. The molecular formula is C38H34BrClN2O7. The number of carboxylic acid groups (broad SMARTS) is 1. The van der Waals surface area contributed by atoms with Crippen LogP contribution in [0, 0.1) is 23.7 Å². The van der Waals surface area contributed by atoms with Crippen molar-refractivity contribution in [2.45, 2.75) is 49.9 Å². The molecule has 6 atom stereocenters. The third-order valence-electron chi connectivity index (χ3n) is 10.8. The zero-order chi connectivity index (χ0) is 34.6. The number of carboxylic acids is 1. The molecule has 0 aromatic heterocycles. The van der Waals surface area contributed by atoms with Gasteiger partial charge >= 0.3 is 5.97 Å². The van der Waals surface area contributed by atoms with E-state index in [1.807, 2.05) is 36.4 Å². The van der Waals surface area contributed by atoms with Gasteiger partial charge in [0.15, 0.2) is 0 Å². The number of imide groups is 2. The van der Waals surface area contributed by atoms with Crippen LogP contribution in [0.3, 0.4) is 0 Å². The molecule has 11 heteroatoms. The van der Waals surface area contributed by atoms with Crippen LogP contribution in [0.2, 0.25) is 5.02 Å². The van der Waals surface area contributed by atoms with Crippen molar-refractivity contribution in [2.75, 3.05) is 11.4 Å². The summed E-state index contributed by atoms with van der Waals surface area (Å²) in [5, 5.41) is 20.8. The SMILES string of the molecule is O=C(O)CCCCCN1C(=O)[C@H]2[C@H](CC=C3[C@H]2C[C@H]2C(=O)N(c4cccc(Cl)c4)C(=O)[C@@]2(c2ccccc2)[C@H]3c2cc(Br)ccc2O)C1=O. The number of unbranched alkanes of at least 4 members (excludes halogenated alkanes) is 2. The number of aromatic hydroxyl groups is 1. The number of carbonyl (C=O) groups is 5. The van der Waals surface area contributed by atoms with Crippen LogP contribution in [0.4, 0.5) is 5.69 Å². The summed E-state index contributed by atoms with van der Waals surface area (Å²) in [5.41, 5.74) is 0.668. The number of hydrogen-bond acceptors (Lipinski definition) is 6. The largest absolute Gasteiger partial charge is 0.508 e. The molecule has 4 amide bonds. The summed E-state index contributed by atoms with van der Waals surface area (Å²) >= 11 is 9.91. The number of hydrogen-bond donors (Lipinski definition) is 2. The lowest BCUT2D eigenvalue weighted by Gasteiger charge is -2.50. The summed E-state index contributed by atoms with van der Waals surface area (Å²) in [4.78, 5) is 71.4. The predicted octanol–water partition coefficient (Wildman–Crippen LogP) is 6.62. The maximum Gasteiger partial charge on any atom is 0.303 e. The zero-order valence-corrected chi connectivity index (χ0v) is 28.8. The van der Waals surface area contributed by atoms with E-state index in [0.717, 1.165) is 5.57 Å². The van der Waals surface area contributed by atoms with E-state index in [9.17, 15) is 24.3 Å². The van der Waals surface area contributed by atoms with Crippen molar-refractivity contribution in [3.05, 3.63) is 105 Å². The Balaban J connectivity index is 1.37. The van der Waals surface area contributed by atoms with Crippen molar-refractivity contribution < 1.29 is 34.2 Å². The molecule has 7 rings (SSSR count). The number of fused-ring (bicyclic) bond motifs is 4. The van der Waals surface area contributed by atoms with Crippen LogP contribution in [0.1, 0.15) is 55.6 Å². The maximum absolute atomic E-state index is 15.2. The van der Waals surface area contributed by atoms with Gasteiger partial charge in [0.2, 0.25) is 23.6 Å². The highest BCUT2D eigenvalue weighted by Gasteiger charge is 2.70. The van der Waals surface area contributed by atoms with Gasteiger partial charge in [-0.3, -0.25) is 28.9 Å². The molecule has 252 valence electrons. The lowest BCUT2D eigenvalue weighted by atomic mass is 9.49. The van der Waals surface area contributed by atoms with Crippen LogP contribution in [0.25, 0.3) is 0 Å². The smallest absolute Gasteiger partial charge is 0.303 e. The number of aliphatic carboxylic acids is 1. The van der Waals surface area contributed by atoms with E-state index in [1.165, 1.54) is 9.80 Å². The van der Waals surface area contributed by atoms with E-state index in [4.69, 9.17) is 16.7 Å². The van der Waals surface area contributed by atoms with Crippen molar-refractivity contribution in [3.63, 3.8) is 0 Å². The third kappa shape index (κ3) is 5.31. The van der Waals surface area contributed by atoms with Gasteiger partial charge in [-0.1, -0.05) is 82.0 Å². The topological polar surface area (TPSA) is 132 Å². The van der Waals surface area contributed by atoms with Crippen LogP contribution >= 0.6 is 27.5 Å². The van der Waals surface area contributed by atoms with Crippen LogP contribution in [0.5, 0.6) is 5.75 Å². The summed E-state index contributed by atoms with van der Waals surface area (Å²) < 4.78 is 0.668. The maximum atomic E-state index is 15.2. The van der Waals surface area contributed by atoms with E-state index in [-0.39, 0.29) is 43.4 Å². The number of carbonyl (C=O) groups excluding carboxylic acids is 4. The minimum atomic E-state index is -1.48. The summed E-state index contributed by atoms with van der Waals surface area (Å²) in [5.74, 6) is -6.06. The second kappa shape index (κ2) is 12.9. The van der Waals surface area contributed by atoms with Crippen LogP contribution in [0.15, 0.2) is 88.9 Å². The van der Waals surface area contributed by atoms with Crippen LogP contribution < -0.4 is 4.90 Å². The normalized spacial score (nSPS) is 27.6. The average Bonchev–Trinajstić information content (AvgIpc) is 3.46.